The van der Waals surface area contributed by atoms with E-state index in [1.807, 2.05) is 0 Å². The molecule has 0 fully saturated rings. The van der Waals surface area contributed by atoms with Crippen LogP contribution in [0.3, 0.4) is 0 Å². The number of amidine groups is 1. The van der Waals surface area contributed by atoms with Crippen molar-refractivity contribution in [3.05, 3.63) is 48.0 Å². The van der Waals surface area contributed by atoms with Crippen molar-refractivity contribution in [1.29, 1.82) is 0 Å². The zero-order valence-corrected chi connectivity index (χ0v) is 14.9. The largest absolute Gasteiger partial charge is 0.493 e. The summed E-state index contributed by atoms with van der Waals surface area (Å²) in [6.45, 7) is -0.341. The van der Waals surface area contributed by atoms with Gasteiger partial charge in [-0.1, -0.05) is 18.2 Å². The maximum absolute atomic E-state index is 12.4. The van der Waals surface area contributed by atoms with Crippen LogP contribution in [0.5, 0.6) is 11.5 Å². The van der Waals surface area contributed by atoms with E-state index in [1.165, 1.54) is 26.4 Å². The first-order chi connectivity index (χ1) is 12.5. The number of carbonyl (C=O) groups excluding carboxylic acids is 1. The van der Waals surface area contributed by atoms with Crippen molar-refractivity contribution in [3.63, 3.8) is 0 Å². The Morgan fingerprint density at radius 3 is 2.58 bits per heavy atom. The smallest absolute Gasteiger partial charge is 0.342 e. The molecule has 1 heterocycles. The van der Waals surface area contributed by atoms with Gasteiger partial charge in [0.15, 0.2) is 23.9 Å². The molecule has 26 heavy (non-hydrogen) atoms. The highest BCUT2D eigenvalue weighted by Gasteiger charge is 2.25. The van der Waals surface area contributed by atoms with Gasteiger partial charge in [0.1, 0.15) is 10.5 Å². The number of fused-ring (bicyclic) bond motifs is 1. The van der Waals surface area contributed by atoms with Gasteiger partial charge in [-0.05, 0) is 24.3 Å². The summed E-state index contributed by atoms with van der Waals surface area (Å²) in [4.78, 5) is 12.4. The quantitative estimate of drug-likeness (QED) is 0.797. The third-order valence-electron chi connectivity index (χ3n) is 3.64. The number of sulfonamides is 1. The van der Waals surface area contributed by atoms with Crippen LogP contribution in [-0.4, -0.2) is 41.0 Å². The molecule has 1 N–H and O–H groups in total. The maximum atomic E-state index is 12.4. The van der Waals surface area contributed by atoms with Gasteiger partial charge in [-0.2, -0.15) is 8.42 Å². The lowest BCUT2D eigenvalue weighted by Gasteiger charge is -2.18. The summed E-state index contributed by atoms with van der Waals surface area (Å²) >= 11 is 0. The molecule has 8 nitrogen and oxygen atoms in total. The van der Waals surface area contributed by atoms with Gasteiger partial charge >= 0.3 is 5.97 Å². The van der Waals surface area contributed by atoms with Crippen LogP contribution in [0.1, 0.15) is 10.4 Å². The number of ether oxygens (including phenoxy) is 3. The number of esters is 1. The Kier molecular flexibility index (Phi) is 4.81. The number of carbonyl (C=O) groups is 1. The number of nitrogens with zero attached hydrogens (tertiary/aromatic N) is 1. The molecular weight excluding hydrogens is 360 g/mol. The average molecular weight is 376 g/mol. The van der Waals surface area contributed by atoms with Gasteiger partial charge in [0.05, 0.1) is 19.9 Å². The van der Waals surface area contributed by atoms with Gasteiger partial charge in [0.2, 0.25) is 0 Å². The minimum absolute atomic E-state index is 0.0129. The maximum Gasteiger partial charge on any atom is 0.342 e. The van der Waals surface area contributed by atoms with Gasteiger partial charge in [-0.15, -0.1) is 4.40 Å². The average Bonchev–Trinajstić information content (AvgIpc) is 2.64. The lowest BCUT2D eigenvalue weighted by molar-refractivity contribution is 0.0559. The van der Waals surface area contributed by atoms with E-state index in [9.17, 15) is 13.2 Å². The van der Waals surface area contributed by atoms with E-state index >= 15 is 0 Å². The molecule has 2 aromatic carbocycles. The van der Waals surface area contributed by atoms with Crippen molar-refractivity contribution in [1.82, 2.24) is 0 Å². The monoisotopic (exact) mass is 376 g/mol. The van der Waals surface area contributed by atoms with Crippen LogP contribution < -0.4 is 14.8 Å². The molecule has 0 unspecified atom stereocenters. The second kappa shape index (κ2) is 7.04. The molecule has 0 saturated heterocycles. The topological polar surface area (TPSA) is 103 Å². The fraction of sp³-hybridized carbons (Fsp3) is 0.176. The van der Waals surface area contributed by atoms with E-state index in [0.717, 1.165) is 0 Å². The highest BCUT2D eigenvalue weighted by Crippen LogP contribution is 2.31. The Hall–Kier alpha value is -3.07. The van der Waals surface area contributed by atoms with E-state index in [2.05, 4.69) is 9.71 Å². The second-order valence-corrected chi connectivity index (χ2v) is 6.82. The predicted molar refractivity (Wildman–Crippen MR) is 94.5 cm³/mol. The van der Waals surface area contributed by atoms with Crippen molar-refractivity contribution in [3.8, 4) is 11.5 Å². The molecule has 2 aromatic rings. The van der Waals surface area contributed by atoms with Crippen LogP contribution in [0.15, 0.2) is 51.8 Å². The third kappa shape index (κ3) is 3.33. The van der Waals surface area contributed by atoms with Crippen molar-refractivity contribution in [2.45, 2.75) is 4.90 Å². The molecule has 1 aliphatic heterocycles. The molecule has 0 aromatic heterocycles. The molecule has 3 rings (SSSR count). The first-order valence-corrected chi connectivity index (χ1v) is 8.98. The summed E-state index contributed by atoms with van der Waals surface area (Å²) in [6, 6.07) is 11.1. The molecule has 0 aliphatic carbocycles. The SMILES string of the molecule is COc1cccc(C(=O)OCC2=NS(=O)(=O)c3ccccc3N2)c1OC. The number of anilines is 1. The molecule has 1 aliphatic rings. The van der Waals surface area contributed by atoms with E-state index in [4.69, 9.17) is 14.2 Å². The molecule has 9 heteroatoms. The molecular formula is C17H16N2O6S. The number of methoxy groups -OCH3 is 2. The van der Waals surface area contributed by atoms with Gasteiger partial charge in [0, 0.05) is 0 Å². The Morgan fingerprint density at radius 2 is 1.85 bits per heavy atom. The Bertz CT molecular complexity index is 984. The minimum Gasteiger partial charge on any atom is -0.493 e. The van der Waals surface area contributed by atoms with Gasteiger partial charge in [-0.25, -0.2) is 4.79 Å². The zero-order chi connectivity index (χ0) is 18.7. The fourth-order valence-electron chi connectivity index (χ4n) is 2.49. The highest BCUT2D eigenvalue weighted by atomic mass is 32.2. The zero-order valence-electron chi connectivity index (χ0n) is 14.1. The van der Waals surface area contributed by atoms with Crippen LogP contribution in [-0.2, 0) is 14.8 Å². The van der Waals surface area contributed by atoms with Crippen molar-refractivity contribution in [2.24, 2.45) is 4.40 Å². The highest BCUT2D eigenvalue weighted by molar-refractivity contribution is 7.90. The molecule has 0 atom stereocenters. The van der Waals surface area contributed by atoms with E-state index in [1.54, 1.807) is 30.3 Å². The molecule has 0 amide bonds. The first-order valence-electron chi connectivity index (χ1n) is 7.54. The van der Waals surface area contributed by atoms with Gasteiger partial charge in [-0.3, -0.25) is 0 Å². The number of hydrogen-bond donors (Lipinski definition) is 1. The Morgan fingerprint density at radius 1 is 1.08 bits per heavy atom. The third-order valence-corrected chi connectivity index (χ3v) is 5.01. The Balaban J connectivity index is 1.78. The number of rotatable bonds is 5. The minimum atomic E-state index is -3.84. The predicted octanol–water partition coefficient (Wildman–Crippen LogP) is 2.07. The van der Waals surface area contributed by atoms with Crippen LogP contribution in [0.2, 0.25) is 0 Å². The van der Waals surface area contributed by atoms with Crippen LogP contribution in [0.4, 0.5) is 5.69 Å². The number of benzene rings is 2. The van der Waals surface area contributed by atoms with E-state index in [-0.39, 0.29) is 28.7 Å². The van der Waals surface area contributed by atoms with Crippen LogP contribution in [0.25, 0.3) is 0 Å². The summed E-state index contributed by atoms with van der Waals surface area (Å²) < 4.78 is 43.5. The number of nitrogens with one attached hydrogen (secondary N) is 1. The fourth-order valence-corrected chi connectivity index (χ4v) is 3.62. The van der Waals surface area contributed by atoms with E-state index in [0.29, 0.717) is 11.4 Å². The number of para-hydroxylation sites is 2. The lowest BCUT2D eigenvalue weighted by atomic mass is 10.2. The summed E-state index contributed by atoms with van der Waals surface area (Å²) in [5, 5.41) is 2.85. The molecule has 0 radical (unpaired) electrons. The molecule has 136 valence electrons. The van der Waals surface area contributed by atoms with Gasteiger partial charge < -0.3 is 19.5 Å². The van der Waals surface area contributed by atoms with Crippen molar-refractivity contribution >= 4 is 27.5 Å². The summed E-state index contributed by atoms with van der Waals surface area (Å²) in [6.07, 6.45) is 0. The normalized spacial score (nSPS) is 14.5. The summed E-state index contributed by atoms with van der Waals surface area (Å²) in [7, 11) is -0.976. The van der Waals surface area contributed by atoms with Crippen molar-refractivity contribution < 1.29 is 27.4 Å². The Labute approximate surface area is 150 Å². The molecule has 0 saturated carbocycles. The number of hydrogen-bond acceptors (Lipinski definition) is 7. The van der Waals surface area contributed by atoms with Crippen LogP contribution >= 0.6 is 0 Å². The first kappa shape index (κ1) is 17.7. The van der Waals surface area contributed by atoms with Crippen molar-refractivity contribution in [2.75, 3.05) is 26.1 Å². The van der Waals surface area contributed by atoms with E-state index < -0.39 is 16.0 Å². The lowest BCUT2D eigenvalue weighted by Crippen LogP contribution is -2.27. The van der Waals surface area contributed by atoms with Gasteiger partial charge in [0.25, 0.3) is 10.0 Å². The molecule has 0 bridgehead atoms. The molecule has 0 spiro atoms. The summed E-state index contributed by atoms with van der Waals surface area (Å²) in [5.74, 6) is -0.0662. The van der Waals surface area contributed by atoms with Crippen LogP contribution in [0, 0.1) is 0 Å². The summed E-state index contributed by atoms with van der Waals surface area (Å²) in [5.41, 5.74) is 0.541. The standard InChI is InChI=1S/C17H16N2O6S/c1-23-13-8-5-6-11(16(13)24-2)17(20)25-10-15-18-12-7-3-4-9-14(12)26(21,22)19-15/h3-9H,10H2,1-2H3,(H,18,19). The second-order valence-electron chi connectivity index (χ2n) is 5.25.